The summed E-state index contributed by atoms with van der Waals surface area (Å²) in [6.45, 7) is 0. The summed E-state index contributed by atoms with van der Waals surface area (Å²) in [5.41, 5.74) is 6.78. The lowest BCUT2D eigenvalue weighted by Crippen LogP contribution is -1.97. The third-order valence-corrected chi connectivity index (χ3v) is 12.5. The van der Waals surface area contributed by atoms with E-state index in [1.54, 1.807) is 69.8 Å². The first-order valence-corrected chi connectivity index (χ1v) is 21.8. The number of nitrogens with zero attached hydrogens (tertiary/aromatic N) is 3. The van der Waals surface area contributed by atoms with E-state index in [4.69, 9.17) is 12.2 Å². The van der Waals surface area contributed by atoms with Gasteiger partial charge in [0.1, 0.15) is 11.5 Å². The topological polar surface area (TPSA) is 33.2 Å². The maximum Gasteiger partial charge on any atom is 0.119 e. The second-order valence-corrected chi connectivity index (χ2v) is 16.2. The minimum absolute atomic E-state index is 0.0975. The second kappa shape index (κ2) is 15.4. The Morgan fingerprint density at radius 2 is 0.746 bits per heavy atom. The van der Waals surface area contributed by atoms with Gasteiger partial charge in [-0.25, -0.2) is 0 Å². The van der Waals surface area contributed by atoms with Crippen LogP contribution in [0.3, 0.4) is 0 Å². The second-order valence-electron chi connectivity index (χ2n) is 16.2. The first-order chi connectivity index (χ1) is 38.2. The van der Waals surface area contributed by atoms with Crippen LogP contribution < -0.4 is 9.47 Å². The lowest BCUT2D eigenvalue weighted by molar-refractivity contribution is 0.415. The molecule has 5 heteroatoms. The highest BCUT2D eigenvalue weighted by Gasteiger charge is 2.20. The first kappa shape index (κ1) is 28.2. The van der Waals surface area contributed by atoms with Crippen molar-refractivity contribution in [1.82, 2.24) is 13.7 Å². The molecule has 0 amide bonds. The lowest BCUT2D eigenvalue weighted by Gasteiger charge is -2.14. The largest absolute Gasteiger partial charge is 0.497 e. The Morgan fingerprint density at radius 3 is 1.22 bits per heavy atom. The molecule has 3 heterocycles. The number of benzene rings is 10. The summed E-state index contributed by atoms with van der Waals surface area (Å²) >= 11 is 0. The molecule has 0 bridgehead atoms. The summed E-state index contributed by atoms with van der Waals surface area (Å²) in [6.07, 6.45) is 0. The molecule has 10 aromatic carbocycles. The Morgan fingerprint density at radius 1 is 0.328 bits per heavy atom. The van der Waals surface area contributed by atoms with E-state index in [0.717, 1.165) is 27.8 Å². The summed E-state index contributed by atoms with van der Waals surface area (Å²) in [7, 11) is 2.65. The van der Waals surface area contributed by atoms with Gasteiger partial charge in [0, 0.05) is 49.3 Å². The van der Waals surface area contributed by atoms with E-state index >= 15 is 0 Å². The highest BCUT2D eigenvalue weighted by atomic mass is 16.5. The Labute approximate surface area is 404 Å². The predicted octanol–water partition coefficient (Wildman–Crippen LogP) is 16.0. The van der Waals surface area contributed by atoms with Crippen LogP contribution in [0.5, 0.6) is 11.5 Å². The van der Waals surface area contributed by atoms with Crippen LogP contribution in [0.25, 0.3) is 116 Å². The number of hydrogen-bond acceptors (Lipinski definition) is 2. The van der Waals surface area contributed by atoms with E-state index in [0.29, 0.717) is 33.3 Å². The molecule has 0 unspecified atom stereocenters. The van der Waals surface area contributed by atoms with Gasteiger partial charge >= 0.3 is 0 Å². The summed E-state index contributed by atoms with van der Waals surface area (Å²) in [4.78, 5) is 0. The van der Waals surface area contributed by atoms with Crippen molar-refractivity contribution in [3.63, 3.8) is 0 Å². The number of aromatic nitrogens is 3. The van der Waals surface area contributed by atoms with Gasteiger partial charge in [0.15, 0.2) is 0 Å². The van der Waals surface area contributed by atoms with E-state index in [1.165, 1.54) is 14.2 Å². The van der Waals surface area contributed by atoms with E-state index in [9.17, 15) is 13.7 Å². The number of hydrogen-bond donors (Lipinski definition) is 0. The van der Waals surface area contributed by atoms with Gasteiger partial charge in [-0.05, 0) is 143 Å². The number of fused-ring (bicyclic) bond motifs is 9. The summed E-state index contributed by atoms with van der Waals surface area (Å²) < 4.78 is 130. The Bertz CT molecular complexity index is 4510. The lowest BCUT2D eigenvalue weighted by atomic mass is 9.98. The number of ether oxygens (including phenoxy) is 2. The highest BCUT2D eigenvalue weighted by molar-refractivity contribution is 6.15. The molecule has 0 aliphatic carbocycles. The van der Waals surface area contributed by atoms with Crippen molar-refractivity contribution in [2.45, 2.75) is 0 Å². The average molecular weight is 874 g/mol. The molecule has 0 radical (unpaired) electrons. The molecular formula is C62H43N3O2. The monoisotopic (exact) mass is 873 g/mol. The first-order valence-electron chi connectivity index (χ1n) is 27.8. The van der Waals surface area contributed by atoms with Gasteiger partial charge < -0.3 is 23.2 Å². The SMILES string of the molecule is [2H]c1c(OC)c([2H])c2c3c([2H])c(-c4ccc5c(c4)c4cc(-c6c([2H])c([2H])c7c(c6[2H])c6c([2H])c(OC)c([2H])c([2H])c6n7-c6ccccc6)ccc4n5-c4ccccc4-c4ccccc4)c([2H])c([2H])c3n(-c3ccccc3)c2c1[2H]. The van der Waals surface area contributed by atoms with Crippen LogP contribution in [0.1, 0.15) is 16.4 Å². The van der Waals surface area contributed by atoms with Gasteiger partial charge in [-0.15, -0.1) is 0 Å². The Kier molecular flexibility index (Phi) is 6.49. The number of rotatable bonds is 8. The molecule has 0 saturated carbocycles. The molecule has 13 rings (SSSR count). The molecule has 0 aliphatic heterocycles. The van der Waals surface area contributed by atoms with E-state index in [1.807, 2.05) is 91.0 Å². The molecule has 0 aliphatic rings. The van der Waals surface area contributed by atoms with Crippen LogP contribution in [0, 0.1) is 0 Å². The van der Waals surface area contributed by atoms with Crippen LogP contribution in [-0.4, -0.2) is 27.9 Å². The van der Waals surface area contributed by atoms with Gasteiger partial charge in [-0.1, -0.05) is 109 Å². The Balaban J connectivity index is 1.13. The zero-order valence-corrected chi connectivity index (χ0v) is 36.1. The minimum Gasteiger partial charge on any atom is -0.497 e. The summed E-state index contributed by atoms with van der Waals surface area (Å²) in [6, 6.07) is 44.0. The molecule has 3 aromatic heterocycles. The van der Waals surface area contributed by atoms with Crippen molar-refractivity contribution in [2.75, 3.05) is 14.2 Å². The molecule has 0 spiro atoms. The van der Waals surface area contributed by atoms with Crippen LogP contribution in [0.15, 0.2) is 224 Å². The van der Waals surface area contributed by atoms with Crippen LogP contribution in [-0.2, 0) is 0 Å². The molecule has 5 nitrogen and oxygen atoms in total. The van der Waals surface area contributed by atoms with Crippen molar-refractivity contribution in [1.29, 1.82) is 0 Å². The fourth-order valence-electron chi connectivity index (χ4n) is 9.47. The Hall–Kier alpha value is -8.80. The van der Waals surface area contributed by atoms with Crippen molar-refractivity contribution < 1.29 is 25.9 Å². The molecule has 0 saturated heterocycles. The van der Waals surface area contributed by atoms with Gasteiger partial charge in [-0.2, -0.15) is 0 Å². The highest BCUT2D eigenvalue weighted by Crippen LogP contribution is 2.43. The maximum atomic E-state index is 10.1. The smallest absolute Gasteiger partial charge is 0.119 e. The normalized spacial score (nSPS) is 14.2. The van der Waals surface area contributed by atoms with Gasteiger partial charge in [0.05, 0.1) is 69.5 Å². The van der Waals surface area contributed by atoms with Crippen molar-refractivity contribution >= 4 is 65.4 Å². The van der Waals surface area contributed by atoms with E-state index in [2.05, 4.69) is 4.57 Å². The van der Waals surface area contributed by atoms with Crippen LogP contribution >= 0.6 is 0 Å². The molecule has 67 heavy (non-hydrogen) atoms. The van der Waals surface area contributed by atoms with Crippen molar-refractivity contribution in [3.05, 3.63) is 224 Å². The number of methoxy groups -OCH3 is 2. The molecule has 318 valence electrons. The van der Waals surface area contributed by atoms with Crippen molar-refractivity contribution in [3.8, 4) is 61.9 Å². The molecule has 0 atom stereocenters. The van der Waals surface area contributed by atoms with Gasteiger partial charge in [0.25, 0.3) is 0 Å². The molecule has 0 N–H and O–H groups in total. The average Bonchev–Trinajstić information content (AvgIpc) is 4.18. The zero-order chi connectivity index (χ0) is 55.0. The quantitative estimate of drug-likeness (QED) is 0.152. The summed E-state index contributed by atoms with van der Waals surface area (Å²) in [5, 5.41) is 1.88. The third-order valence-electron chi connectivity index (χ3n) is 12.5. The van der Waals surface area contributed by atoms with E-state index < -0.39 is 0 Å². The van der Waals surface area contributed by atoms with Crippen LogP contribution in [0.4, 0.5) is 0 Å². The van der Waals surface area contributed by atoms with Crippen LogP contribution in [0.2, 0.25) is 0 Å². The fourth-order valence-corrected chi connectivity index (χ4v) is 9.47. The summed E-state index contributed by atoms with van der Waals surface area (Å²) in [5.74, 6) is -0.303. The van der Waals surface area contributed by atoms with Gasteiger partial charge in [-0.3, -0.25) is 0 Å². The van der Waals surface area contributed by atoms with Gasteiger partial charge in [0.2, 0.25) is 0 Å². The minimum atomic E-state index is -0.321. The maximum absolute atomic E-state index is 10.1. The van der Waals surface area contributed by atoms with E-state index in [-0.39, 0.29) is 139 Å². The standard InChI is InChI=1S/C62H43N3O2/c1-66-47-26-32-59-54(38-47)52-36-41(22-28-57(52)63(59)45-16-8-4-9-17-45)43-24-30-61-50(34-43)51-35-44(25-31-62(51)65(61)56-21-13-12-20-49(56)40-14-6-3-7-15-40)42-23-29-58-53(37-42)55-39-48(67-2)27-33-60(55)64(58)46-18-10-5-11-19-46/h3-39H,1-2H3/i22D,23D,26D,27D,28D,29D,32D,33D,36D,37D,38D,39D. The molecule has 13 aromatic rings. The molecular weight excluding hydrogens is 819 g/mol. The fraction of sp³-hybridized carbons (Fsp3) is 0.0323. The van der Waals surface area contributed by atoms with Crippen molar-refractivity contribution in [2.24, 2.45) is 0 Å². The third kappa shape index (κ3) is 6.16. The zero-order valence-electron chi connectivity index (χ0n) is 48.1. The molecule has 0 fully saturated rings. The predicted molar refractivity (Wildman–Crippen MR) is 279 cm³/mol. The number of para-hydroxylation sites is 3.